The Kier molecular flexibility index (Phi) is 13.6. The van der Waals surface area contributed by atoms with Crippen LogP contribution in [0.25, 0.3) is 0 Å². The maximum atomic E-state index is 8.70. The van der Waals surface area contributed by atoms with Crippen LogP contribution in [0.5, 0.6) is 0 Å². The van der Waals surface area contributed by atoms with Crippen LogP contribution in [0.4, 0.5) is 0 Å². The van der Waals surface area contributed by atoms with Gasteiger partial charge in [0.1, 0.15) is 0 Å². The minimum absolute atomic E-state index is 1.22. The van der Waals surface area contributed by atoms with Crippen molar-refractivity contribution in [3.63, 3.8) is 0 Å². The van der Waals surface area contributed by atoms with Gasteiger partial charge in [0.05, 0.1) is 0 Å². The zero-order valence-corrected chi connectivity index (χ0v) is 5.06. The molecule has 0 aliphatic heterocycles. The predicted octanol–water partition coefficient (Wildman–Crippen LogP) is 0.997. The van der Waals surface area contributed by atoms with Gasteiger partial charge >= 0.3 is 8.25 Å². The Morgan fingerprint density at radius 3 is 1.71 bits per heavy atom. The second kappa shape index (κ2) is 9.41. The summed E-state index contributed by atoms with van der Waals surface area (Å²) in [5, 5.41) is 0. The highest BCUT2D eigenvalue weighted by atomic mass is 35.5. The van der Waals surface area contributed by atoms with Crippen molar-refractivity contribution in [2.24, 2.45) is 0 Å². The summed E-state index contributed by atoms with van der Waals surface area (Å²) in [5.74, 6) is 0. The van der Waals surface area contributed by atoms with Crippen LogP contribution in [0.15, 0.2) is 12.1 Å². The molecule has 0 unspecified atom stereocenters. The molecule has 2 N–H and O–H groups in total. The summed E-state index contributed by atoms with van der Waals surface area (Å²) in [7, 11) is -2.87. The molecule has 0 saturated carbocycles. The van der Waals surface area contributed by atoms with E-state index in [9.17, 15) is 0 Å². The lowest BCUT2D eigenvalue weighted by Crippen LogP contribution is -1.38. The van der Waals surface area contributed by atoms with Gasteiger partial charge in [0.15, 0.2) is 0 Å². The Hall–Kier alpha value is 0.0500. The molecule has 0 heterocycles. The SMILES string of the molecule is C=CCl.O=[P+](O)O. The lowest BCUT2D eigenvalue weighted by atomic mass is 11.3. The van der Waals surface area contributed by atoms with E-state index in [0.717, 1.165) is 0 Å². The van der Waals surface area contributed by atoms with Crippen LogP contribution in [0.3, 0.4) is 0 Å². The molecule has 5 heteroatoms. The van der Waals surface area contributed by atoms with Crippen LogP contribution in [-0.2, 0) is 4.57 Å². The average molecular weight is 143 g/mol. The van der Waals surface area contributed by atoms with Crippen molar-refractivity contribution >= 4 is 19.9 Å². The van der Waals surface area contributed by atoms with Crippen LogP contribution in [-0.4, -0.2) is 9.79 Å². The van der Waals surface area contributed by atoms with Crippen molar-refractivity contribution in [2.45, 2.75) is 0 Å². The van der Waals surface area contributed by atoms with E-state index in [0.29, 0.717) is 0 Å². The summed E-state index contributed by atoms with van der Waals surface area (Å²) in [6.45, 7) is 3.13. The quantitative estimate of drug-likeness (QED) is 0.498. The van der Waals surface area contributed by atoms with Crippen LogP contribution in [0.2, 0.25) is 0 Å². The Morgan fingerprint density at radius 1 is 1.71 bits per heavy atom. The summed E-state index contributed by atoms with van der Waals surface area (Å²) < 4.78 is 8.70. The maximum Gasteiger partial charge on any atom is 0.692 e. The van der Waals surface area contributed by atoms with Gasteiger partial charge in [-0.2, -0.15) is 0 Å². The highest BCUT2D eigenvalue weighted by Crippen LogP contribution is 1.98. The molecular weight excluding hydrogens is 138 g/mol. The molecule has 0 saturated heterocycles. The Morgan fingerprint density at radius 2 is 1.71 bits per heavy atom. The van der Waals surface area contributed by atoms with Crippen molar-refractivity contribution in [1.29, 1.82) is 0 Å². The fourth-order valence-corrected chi connectivity index (χ4v) is 0. The zero-order valence-electron chi connectivity index (χ0n) is 3.41. The Bertz CT molecular complexity index is 60.0. The molecule has 0 rings (SSSR count). The molecule has 0 atom stereocenters. The standard InChI is InChI=1S/C2H3Cl.HO3P/c1-2-3;1-4(2)3/h2H,1H2;(H-,1,2,3)/p+1. The average Bonchev–Trinajstić information content (AvgIpc) is 1.33. The molecule has 0 fully saturated rings. The van der Waals surface area contributed by atoms with Gasteiger partial charge in [-0.15, -0.1) is 9.79 Å². The van der Waals surface area contributed by atoms with E-state index in [4.69, 9.17) is 26.0 Å². The van der Waals surface area contributed by atoms with E-state index in [2.05, 4.69) is 6.58 Å². The molecule has 3 nitrogen and oxygen atoms in total. The van der Waals surface area contributed by atoms with E-state index in [1.54, 1.807) is 0 Å². The fourth-order valence-electron chi connectivity index (χ4n) is 0. The van der Waals surface area contributed by atoms with Gasteiger partial charge in [-0.1, -0.05) is 18.2 Å². The molecule has 0 amide bonds. The first kappa shape index (κ1) is 10.1. The molecule has 0 spiro atoms. The highest BCUT2D eigenvalue weighted by Gasteiger charge is 1.93. The van der Waals surface area contributed by atoms with Gasteiger partial charge < -0.3 is 0 Å². The topological polar surface area (TPSA) is 57.5 Å². The minimum Gasteiger partial charge on any atom is -0.134 e. The van der Waals surface area contributed by atoms with Gasteiger partial charge in [-0.3, -0.25) is 0 Å². The summed E-state index contributed by atoms with van der Waals surface area (Å²) in [5.41, 5.74) is 1.22. The first-order valence-electron chi connectivity index (χ1n) is 1.21. The van der Waals surface area contributed by atoms with Gasteiger partial charge in [0, 0.05) is 4.57 Å². The third-order valence-electron chi connectivity index (χ3n) is 0. The van der Waals surface area contributed by atoms with Crippen LogP contribution in [0, 0.1) is 0 Å². The number of hydrogen-bond donors (Lipinski definition) is 2. The van der Waals surface area contributed by atoms with E-state index in [-0.39, 0.29) is 0 Å². The molecule has 0 aromatic carbocycles. The first-order chi connectivity index (χ1) is 3.15. The van der Waals surface area contributed by atoms with Crippen LogP contribution in [0.1, 0.15) is 0 Å². The molecule has 7 heavy (non-hydrogen) atoms. The van der Waals surface area contributed by atoms with Gasteiger partial charge in [0.2, 0.25) is 0 Å². The van der Waals surface area contributed by atoms with E-state index < -0.39 is 8.25 Å². The maximum absolute atomic E-state index is 8.70. The van der Waals surface area contributed by atoms with Gasteiger partial charge in [-0.25, -0.2) is 0 Å². The highest BCUT2D eigenvalue weighted by molar-refractivity contribution is 7.30. The first-order valence-corrected chi connectivity index (χ1v) is 2.81. The molecule has 42 valence electrons. The Balaban J connectivity index is 0. The third kappa shape index (κ3) is 39700. The van der Waals surface area contributed by atoms with Crippen molar-refractivity contribution < 1.29 is 14.4 Å². The molecule has 0 aromatic rings. The molecule has 0 aliphatic carbocycles. The number of rotatable bonds is 0. The van der Waals surface area contributed by atoms with Gasteiger partial charge in [-0.05, 0) is 5.54 Å². The van der Waals surface area contributed by atoms with E-state index in [1.165, 1.54) is 5.54 Å². The summed E-state index contributed by atoms with van der Waals surface area (Å²) in [6.07, 6.45) is 0. The lowest BCUT2D eigenvalue weighted by molar-refractivity contribution is 0.405. The zero-order chi connectivity index (χ0) is 6.28. The Labute approximate surface area is 47.2 Å². The minimum atomic E-state index is -2.87. The van der Waals surface area contributed by atoms with Crippen molar-refractivity contribution in [3.8, 4) is 0 Å². The normalized spacial score (nSPS) is 5.57. The summed E-state index contributed by atoms with van der Waals surface area (Å²) >= 11 is 4.76. The smallest absolute Gasteiger partial charge is 0.134 e. The molecule has 0 aromatic heterocycles. The monoisotopic (exact) mass is 143 g/mol. The lowest BCUT2D eigenvalue weighted by Gasteiger charge is -1.34. The fraction of sp³-hybridized carbons (Fsp3) is 0. The van der Waals surface area contributed by atoms with E-state index >= 15 is 0 Å². The largest absolute Gasteiger partial charge is 0.692 e. The molecular formula is C2H5ClO3P+. The van der Waals surface area contributed by atoms with Crippen molar-refractivity contribution in [2.75, 3.05) is 0 Å². The third-order valence-corrected chi connectivity index (χ3v) is 0. The van der Waals surface area contributed by atoms with Crippen molar-refractivity contribution in [1.82, 2.24) is 0 Å². The molecule has 0 radical (unpaired) electrons. The second-order valence-corrected chi connectivity index (χ2v) is 1.22. The van der Waals surface area contributed by atoms with Gasteiger partial charge in [0.25, 0.3) is 0 Å². The summed E-state index contributed by atoms with van der Waals surface area (Å²) in [4.78, 5) is 14.2. The second-order valence-electron chi connectivity index (χ2n) is 0.407. The molecule has 0 bridgehead atoms. The number of halogens is 1. The van der Waals surface area contributed by atoms with Crippen LogP contribution < -0.4 is 0 Å². The van der Waals surface area contributed by atoms with E-state index in [1.807, 2.05) is 0 Å². The van der Waals surface area contributed by atoms with Crippen molar-refractivity contribution in [3.05, 3.63) is 12.1 Å². The predicted molar refractivity (Wildman–Crippen MR) is 28.1 cm³/mol. The summed E-state index contributed by atoms with van der Waals surface area (Å²) in [6, 6.07) is 0. The van der Waals surface area contributed by atoms with Crippen LogP contribution >= 0.6 is 19.9 Å². The molecule has 0 aliphatic rings. The number of hydrogen-bond acceptors (Lipinski definition) is 1.